The van der Waals surface area contributed by atoms with Crippen LogP contribution in [0.1, 0.15) is 37.5 Å². The van der Waals surface area contributed by atoms with E-state index < -0.39 is 6.10 Å². The van der Waals surface area contributed by atoms with Crippen LogP contribution in [-0.4, -0.2) is 30.9 Å². The van der Waals surface area contributed by atoms with Crippen LogP contribution in [0.3, 0.4) is 0 Å². The Morgan fingerprint density at radius 3 is 2.60 bits per heavy atom. The Morgan fingerprint density at radius 1 is 1.45 bits per heavy atom. The van der Waals surface area contributed by atoms with Gasteiger partial charge < -0.3 is 15.2 Å². The number of nitriles is 1. The molecule has 0 heterocycles. The molecule has 3 atom stereocenters. The van der Waals surface area contributed by atoms with E-state index in [1.807, 2.05) is 0 Å². The number of hydrogen-bond acceptors (Lipinski definition) is 4. The Labute approximate surface area is 120 Å². The van der Waals surface area contributed by atoms with E-state index in [1.54, 1.807) is 31.4 Å². The monoisotopic (exact) mass is 274 g/mol. The van der Waals surface area contributed by atoms with Crippen LogP contribution >= 0.6 is 0 Å². The van der Waals surface area contributed by atoms with E-state index >= 15 is 0 Å². The molecule has 1 fully saturated rings. The maximum absolute atomic E-state index is 10.2. The number of nitrogens with one attached hydrogen (secondary N) is 1. The van der Waals surface area contributed by atoms with Gasteiger partial charge in [0.15, 0.2) is 0 Å². The lowest BCUT2D eigenvalue weighted by molar-refractivity contribution is -0.0992. The molecule has 0 saturated heterocycles. The summed E-state index contributed by atoms with van der Waals surface area (Å²) >= 11 is 0. The summed E-state index contributed by atoms with van der Waals surface area (Å²) in [6.07, 6.45) is 0.705. The third-order valence-electron chi connectivity index (χ3n) is 4.44. The smallest absolute Gasteiger partial charge is 0.0991 e. The van der Waals surface area contributed by atoms with Crippen LogP contribution in [0, 0.1) is 16.7 Å². The molecule has 1 aromatic rings. The van der Waals surface area contributed by atoms with Crippen molar-refractivity contribution in [2.45, 2.75) is 38.5 Å². The largest absolute Gasteiger partial charge is 0.387 e. The van der Waals surface area contributed by atoms with Crippen LogP contribution in [0.5, 0.6) is 0 Å². The van der Waals surface area contributed by atoms with Crippen molar-refractivity contribution in [2.75, 3.05) is 13.7 Å². The van der Waals surface area contributed by atoms with E-state index in [-0.39, 0.29) is 11.5 Å². The maximum Gasteiger partial charge on any atom is 0.0991 e. The highest BCUT2D eigenvalue weighted by Crippen LogP contribution is 2.42. The quantitative estimate of drug-likeness (QED) is 0.862. The summed E-state index contributed by atoms with van der Waals surface area (Å²) in [4.78, 5) is 0. The number of ether oxygens (including phenoxy) is 1. The van der Waals surface area contributed by atoms with Gasteiger partial charge in [0.2, 0.25) is 0 Å². The van der Waals surface area contributed by atoms with Crippen molar-refractivity contribution in [3.05, 3.63) is 35.4 Å². The molecule has 1 aliphatic carbocycles. The molecule has 108 valence electrons. The molecule has 2 rings (SSSR count). The van der Waals surface area contributed by atoms with Gasteiger partial charge in [0.05, 0.1) is 23.8 Å². The molecule has 1 aliphatic rings. The summed E-state index contributed by atoms with van der Waals surface area (Å²) < 4.78 is 5.42. The highest BCUT2D eigenvalue weighted by molar-refractivity contribution is 5.32. The van der Waals surface area contributed by atoms with Crippen molar-refractivity contribution in [1.82, 2.24) is 5.32 Å². The molecule has 0 radical (unpaired) electrons. The molecule has 0 aromatic heterocycles. The highest BCUT2D eigenvalue weighted by Gasteiger charge is 2.48. The first-order valence-electron chi connectivity index (χ1n) is 6.93. The number of nitrogens with zero attached hydrogens (tertiary/aromatic N) is 1. The lowest BCUT2D eigenvalue weighted by atomic mass is 9.64. The molecule has 0 amide bonds. The first-order valence-corrected chi connectivity index (χ1v) is 6.93. The van der Waals surface area contributed by atoms with Crippen LogP contribution in [0.4, 0.5) is 0 Å². The van der Waals surface area contributed by atoms with Crippen molar-refractivity contribution < 1.29 is 9.84 Å². The standard InChI is InChI=1S/C16H22N2O2/c1-16(2)14(8-15(16)20-3)18-10-13(19)12-6-4-11(9-17)5-7-12/h4-7,13-15,18-19H,8,10H2,1-3H3. The second kappa shape index (κ2) is 5.92. The second-order valence-corrected chi connectivity index (χ2v) is 5.99. The molecule has 3 unspecified atom stereocenters. The number of rotatable bonds is 5. The molecule has 0 aliphatic heterocycles. The normalized spacial score (nSPS) is 25.6. The van der Waals surface area contributed by atoms with Gasteiger partial charge in [-0.3, -0.25) is 0 Å². The van der Waals surface area contributed by atoms with Gasteiger partial charge in [-0.05, 0) is 24.1 Å². The zero-order valence-electron chi connectivity index (χ0n) is 12.3. The number of aliphatic hydroxyl groups excluding tert-OH is 1. The van der Waals surface area contributed by atoms with Gasteiger partial charge in [0.1, 0.15) is 0 Å². The lowest BCUT2D eigenvalue weighted by Crippen LogP contribution is -2.61. The van der Waals surface area contributed by atoms with Gasteiger partial charge in [-0.2, -0.15) is 5.26 Å². The summed E-state index contributed by atoms with van der Waals surface area (Å²) in [6.45, 7) is 4.86. The van der Waals surface area contributed by atoms with Gasteiger partial charge in [-0.1, -0.05) is 26.0 Å². The molecule has 0 bridgehead atoms. The molecule has 2 N–H and O–H groups in total. The van der Waals surface area contributed by atoms with Crippen LogP contribution in [0.2, 0.25) is 0 Å². The Hall–Kier alpha value is -1.41. The average Bonchev–Trinajstić information content (AvgIpc) is 2.46. The Bertz CT molecular complexity index is 490. The van der Waals surface area contributed by atoms with Crippen molar-refractivity contribution in [3.63, 3.8) is 0 Å². The summed E-state index contributed by atoms with van der Waals surface area (Å²) in [7, 11) is 1.74. The minimum atomic E-state index is -0.555. The summed E-state index contributed by atoms with van der Waals surface area (Å²) in [5.74, 6) is 0. The second-order valence-electron chi connectivity index (χ2n) is 5.99. The molecular weight excluding hydrogens is 252 g/mol. The van der Waals surface area contributed by atoms with Crippen molar-refractivity contribution in [1.29, 1.82) is 5.26 Å². The molecule has 20 heavy (non-hydrogen) atoms. The SMILES string of the molecule is COC1CC(NCC(O)c2ccc(C#N)cc2)C1(C)C. The van der Waals surface area contributed by atoms with E-state index in [1.165, 1.54) is 0 Å². The molecule has 1 aromatic carbocycles. The molecule has 4 heteroatoms. The fraction of sp³-hybridized carbons (Fsp3) is 0.562. The molecule has 1 saturated carbocycles. The third kappa shape index (κ3) is 2.85. The van der Waals surface area contributed by atoms with E-state index in [0.717, 1.165) is 12.0 Å². The maximum atomic E-state index is 10.2. The highest BCUT2D eigenvalue weighted by atomic mass is 16.5. The van der Waals surface area contributed by atoms with Crippen LogP contribution in [0.15, 0.2) is 24.3 Å². The first kappa shape index (κ1) is 15.0. The van der Waals surface area contributed by atoms with Crippen molar-refractivity contribution in [2.24, 2.45) is 5.41 Å². The molecular formula is C16H22N2O2. The van der Waals surface area contributed by atoms with Crippen LogP contribution < -0.4 is 5.32 Å². The van der Waals surface area contributed by atoms with E-state index in [4.69, 9.17) is 10.00 Å². The zero-order valence-corrected chi connectivity index (χ0v) is 12.3. The van der Waals surface area contributed by atoms with E-state index in [9.17, 15) is 5.11 Å². The van der Waals surface area contributed by atoms with Gasteiger partial charge in [-0.15, -0.1) is 0 Å². The summed E-state index contributed by atoms with van der Waals surface area (Å²) in [5.41, 5.74) is 1.54. The Morgan fingerprint density at radius 2 is 2.10 bits per heavy atom. The number of aliphatic hydroxyl groups is 1. The zero-order chi connectivity index (χ0) is 14.8. The van der Waals surface area contributed by atoms with Crippen LogP contribution in [-0.2, 0) is 4.74 Å². The topological polar surface area (TPSA) is 65.3 Å². The minimum Gasteiger partial charge on any atom is -0.387 e. The Kier molecular flexibility index (Phi) is 4.44. The predicted octanol–water partition coefficient (Wildman–Crippen LogP) is 1.99. The fourth-order valence-electron chi connectivity index (χ4n) is 2.78. The summed E-state index contributed by atoms with van der Waals surface area (Å²) in [5, 5.41) is 22.3. The third-order valence-corrected chi connectivity index (χ3v) is 4.44. The minimum absolute atomic E-state index is 0.0964. The fourth-order valence-corrected chi connectivity index (χ4v) is 2.78. The summed E-state index contributed by atoms with van der Waals surface area (Å²) in [6, 6.07) is 9.49. The van der Waals surface area contributed by atoms with Crippen molar-refractivity contribution in [3.8, 4) is 6.07 Å². The lowest BCUT2D eigenvalue weighted by Gasteiger charge is -2.51. The van der Waals surface area contributed by atoms with Crippen LogP contribution in [0.25, 0.3) is 0 Å². The number of hydrogen-bond donors (Lipinski definition) is 2. The predicted molar refractivity (Wildman–Crippen MR) is 77.1 cm³/mol. The Balaban J connectivity index is 1.87. The van der Waals surface area contributed by atoms with Crippen molar-refractivity contribution >= 4 is 0 Å². The van der Waals surface area contributed by atoms with Gasteiger partial charge in [-0.25, -0.2) is 0 Å². The average molecular weight is 274 g/mol. The van der Waals surface area contributed by atoms with Gasteiger partial charge in [0, 0.05) is 25.1 Å². The molecule has 4 nitrogen and oxygen atoms in total. The number of methoxy groups -OCH3 is 1. The number of benzene rings is 1. The van der Waals surface area contributed by atoms with E-state index in [2.05, 4.69) is 25.2 Å². The van der Waals surface area contributed by atoms with E-state index in [0.29, 0.717) is 18.2 Å². The molecule has 0 spiro atoms. The first-order chi connectivity index (χ1) is 9.48. The van der Waals surface area contributed by atoms with Gasteiger partial charge in [0.25, 0.3) is 0 Å². The van der Waals surface area contributed by atoms with Gasteiger partial charge >= 0.3 is 0 Å².